The van der Waals surface area contributed by atoms with E-state index in [9.17, 15) is 4.79 Å². The normalized spacial score (nSPS) is 24.3. The van der Waals surface area contributed by atoms with E-state index in [4.69, 9.17) is 33.0 Å². The van der Waals surface area contributed by atoms with Gasteiger partial charge in [-0.25, -0.2) is 5.01 Å². The van der Waals surface area contributed by atoms with Crippen molar-refractivity contribution >= 4 is 40.5 Å². The van der Waals surface area contributed by atoms with Crippen molar-refractivity contribution in [2.45, 2.75) is 39.2 Å². The van der Waals surface area contributed by atoms with E-state index in [0.717, 1.165) is 30.1 Å². The highest BCUT2D eigenvalue weighted by Gasteiger charge is 2.38. The molecule has 6 nitrogen and oxygen atoms in total. The van der Waals surface area contributed by atoms with Crippen molar-refractivity contribution in [3.05, 3.63) is 58.1 Å². The van der Waals surface area contributed by atoms with Gasteiger partial charge in [-0.05, 0) is 60.6 Å². The summed E-state index contributed by atoms with van der Waals surface area (Å²) >= 11 is 12.6. The molecule has 1 saturated heterocycles. The molecule has 0 spiro atoms. The van der Waals surface area contributed by atoms with E-state index in [1.54, 1.807) is 19.2 Å². The third kappa shape index (κ3) is 4.84. The van der Waals surface area contributed by atoms with E-state index in [-0.39, 0.29) is 19.4 Å². The van der Waals surface area contributed by atoms with Gasteiger partial charge >= 0.3 is 0 Å². The van der Waals surface area contributed by atoms with Gasteiger partial charge in [-0.2, -0.15) is 5.10 Å². The van der Waals surface area contributed by atoms with Gasteiger partial charge in [0.1, 0.15) is 11.5 Å². The summed E-state index contributed by atoms with van der Waals surface area (Å²) in [5.74, 6) is 2.05. The van der Waals surface area contributed by atoms with Crippen molar-refractivity contribution in [1.82, 2.24) is 10.4 Å². The monoisotopic (exact) mass is 488 g/mol. The molecular formula is C25H30Cl2N4O2. The Morgan fingerprint density at radius 3 is 2.42 bits per heavy atom. The summed E-state index contributed by atoms with van der Waals surface area (Å²) in [4.78, 5) is 13.1. The highest BCUT2D eigenvalue weighted by atomic mass is 35.5. The van der Waals surface area contributed by atoms with Crippen LogP contribution >= 0.6 is 23.2 Å². The van der Waals surface area contributed by atoms with Gasteiger partial charge in [0.15, 0.2) is 0 Å². The van der Waals surface area contributed by atoms with Crippen molar-refractivity contribution < 1.29 is 9.53 Å². The Hall–Kier alpha value is -2.28. The first-order chi connectivity index (χ1) is 15.5. The lowest BCUT2D eigenvalue weighted by Crippen LogP contribution is -2.44. The molecule has 2 aliphatic heterocycles. The Bertz CT molecular complexity index is 1030. The standard InChI is InChI=1S/C24H26Cl2N4O2.CH4/c1-32-19-8-5-15(6-9-19)23-12-21(27-30(23)22-10-7-18(25)11-20(22)26)24(31)28-29-13-16-3-2-4-17(16)14-29;/h5-11,16-17,23H,2-4,12-14H2,1H3,(H,28,31);1H4. The maximum Gasteiger partial charge on any atom is 0.281 e. The third-order valence-electron chi connectivity index (χ3n) is 6.82. The molecule has 5 rings (SSSR count). The van der Waals surface area contributed by atoms with Crippen molar-refractivity contribution in [3.63, 3.8) is 0 Å². The number of halogens is 2. The van der Waals surface area contributed by atoms with Crippen molar-refractivity contribution in [2.75, 3.05) is 25.2 Å². The smallest absolute Gasteiger partial charge is 0.281 e. The van der Waals surface area contributed by atoms with Crippen LogP contribution in [-0.2, 0) is 4.79 Å². The Kier molecular flexibility index (Phi) is 7.17. The first kappa shape index (κ1) is 23.9. The summed E-state index contributed by atoms with van der Waals surface area (Å²) in [5, 5.41) is 9.66. The van der Waals surface area contributed by atoms with E-state index in [2.05, 4.69) is 10.4 Å². The van der Waals surface area contributed by atoms with E-state index < -0.39 is 0 Å². The minimum absolute atomic E-state index is 0. The van der Waals surface area contributed by atoms with Gasteiger partial charge < -0.3 is 4.74 Å². The molecular weight excluding hydrogens is 459 g/mol. The highest BCUT2D eigenvalue weighted by Crippen LogP contribution is 2.40. The van der Waals surface area contributed by atoms with Crippen LogP contribution in [0.1, 0.15) is 44.7 Å². The van der Waals surface area contributed by atoms with Crippen LogP contribution in [0.2, 0.25) is 10.0 Å². The van der Waals surface area contributed by atoms with Gasteiger partial charge in [0, 0.05) is 24.5 Å². The van der Waals surface area contributed by atoms with Crippen LogP contribution in [0.3, 0.4) is 0 Å². The fourth-order valence-electron chi connectivity index (χ4n) is 5.16. The average molecular weight is 489 g/mol. The van der Waals surface area contributed by atoms with Crippen molar-refractivity contribution in [2.24, 2.45) is 16.9 Å². The predicted octanol–water partition coefficient (Wildman–Crippen LogP) is 5.71. The zero-order valence-corrected chi connectivity index (χ0v) is 19.4. The van der Waals surface area contributed by atoms with Crippen LogP contribution < -0.4 is 15.2 Å². The summed E-state index contributed by atoms with van der Waals surface area (Å²) in [6.07, 6.45) is 4.32. The predicted molar refractivity (Wildman–Crippen MR) is 134 cm³/mol. The molecule has 2 fully saturated rings. The Balaban J connectivity index is 0.00000259. The highest BCUT2D eigenvalue weighted by molar-refractivity contribution is 6.40. The maximum absolute atomic E-state index is 13.1. The summed E-state index contributed by atoms with van der Waals surface area (Å²) in [5.41, 5.74) is 5.34. The van der Waals surface area contributed by atoms with Gasteiger partial charge in [-0.15, -0.1) is 0 Å². The molecule has 3 aliphatic rings. The number of hydrazine groups is 1. The van der Waals surface area contributed by atoms with Gasteiger partial charge in [0.25, 0.3) is 5.91 Å². The summed E-state index contributed by atoms with van der Waals surface area (Å²) in [6.45, 7) is 1.86. The van der Waals surface area contributed by atoms with Gasteiger partial charge in [0.2, 0.25) is 0 Å². The molecule has 1 N–H and O–H groups in total. The number of fused-ring (bicyclic) bond motifs is 1. The van der Waals surface area contributed by atoms with Gasteiger partial charge in [-0.3, -0.25) is 15.2 Å². The number of amides is 1. The number of methoxy groups -OCH3 is 1. The van der Waals surface area contributed by atoms with Crippen LogP contribution in [0.4, 0.5) is 5.69 Å². The Labute approximate surface area is 205 Å². The van der Waals surface area contributed by atoms with Crippen LogP contribution in [0, 0.1) is 11.8 Å². The van der Waals surface area contributed by atoms with E-state index in [1.807, 2.05) is 35.3 Å². The molecule has 0 aromatic heterocycles. The summed E-state index contributed by atoms with van der Waals surface area (Å²) in [7, 11) is 1.64. The Morgan fingerprint density at radius 1 is 1.09 bits per heavy atom. The molecule has 2 aromatic carbocycles. The number of carbonyl (C=O) groups excluding carboxylic acids is 1. The molecule has 8 heteroatoms. The number of hydrazone groups is 1. The van der Waals surface area contributed by atoms with Gasteiger partial charge in [-0.1, -0.05) is 49.2 Å². The molecule has 2 heterocycles. The molecule has 33 heavy (non-hydrogen) atoms. The number of hydrogen-bond acceptors (Lipinski definition) is 5. The van der Waals surface area contributed by atoms with Crippen LogP contribution in [-0.4, -0.2) is 36.8 Å². The number of hydrogen-bond donors (Lipinski definition) is 1. The van der Waals surface area contributed by atoms with E-state index >= 15 is 0 Å². The maximum atomic E-state index is 13.1. The molecule has 1 saturated carbocycles. The topological polar surface area (TPSA) is 57.2 Å². The number of nitrogens with zero attached hydrogens (tertiary/aromatic N) is 3. The second kappa shape index (κ2) is 9.92. The van der Waals surface area contributed by atoms with Crippen LogP contribution in [0.5, 0.6) is 5.75 Å². The van der Waals surface area contributed by atoms with E-state index in [1.165, 1.54) is 19.3 Å². The number of anilines is 1. The fourth-order valence-corrected chi connectivity index (χ4v) is 5.65. The lowest BCUT2D eigenvalue weighted by molar-refractivity contribution is -0.119. The lowest BCUT2D eigenvalue weighted by Gasteiger charge is -2.25. The molecule has 3 atom stereocenters. The minimum Gasteiger partial charge on any atom is -0.497 e. The Morgan fingerprint density at radius 2 is 1.79 bits per heavy atom. The zero-order chi connectivity index (χ0) is 22.2. The first-order valence-corrected chi connectivity index (χ1v) is 11.8. The van der Waals surface area contributed by atoms with Gasteiger partial charge in [0.05, 0.1) is 23.9 Å². The average Bonchev–Trinajstić information content (AvgIpc) is 3.49. The molecule has 1 aliphatic carbocycles. The molecule has 2 aromatic rings. The summed E-state index contributed by atoms with van der Waals surface area (Å²) < 4.78 is 5.29. The van der Waals surface area contributed by atoms with Crippen LogP contribution in [0.15, 0.2) is 47.6 Å². The summed E-state index contributed by atoms with van der Waals surface area (Å²) in [6, 6.07) is 13.0. The SMILES string of the molecule is C.COc1ccc(C2CC(C(=O)NN3CC4CCCC4C3)=NN2c2ccc(Cl)cc2Cl)cc1. The fraction of sp³-hybridized carbons (Fsp3) is 0.440. The second-order valence-corrected chi connectivity index (χ2v) is 9.62. The third-order valence-corrected chi connectivity index (χ3v) is 7.35. The van der Waals surface area contributed by atoms with E-state index in [0.29, 0.717) is 34.0 Å². The van der Waals surface area contributed by atoms with Crippen molar-refractivity contribution in [1.29, 1.82) is 0 Å². The quantitative estimate of drug-likeness (QED) is 0.585. The molecule has 3 unspecified atom stereocenters. The zero-order valence-electron chi connectivity index (χ0n) is 17.9. The molecule has 0 bridgehead atoms. The molecule has 176 valence electrons. The number of ether oxygens (including phenoxy) is 1. The second-order valence-electron chi connectivity index (χ2n) is 8.78. The number of rotatable bonds is 5. The van der Waals surface area contributed by atoms with Crippen LogP contribution in [0.25, 0.3) is 0 Å². The molecule has 1 amide bonds. The minimum atomic E-state index is -0.154. The number of carbonyl (C=O) groups is 1. The number of benzene rings is 2. The lowest BCUT2D eigenvalue weighted by atomic mass is 10.0. The number of nitrogens with one attached hydrogen (secondary N) is 1. The van der Waals surface area contributed by atoms with Crippen molar-refractivity contribution in [3.8, 4) is 5.75 Å². The largest absolute Gasteiger partial charge is 0.497 e. The molecule has 0 radical (unpaired) electrons. The first-order valence-electron chi connectivity index (χ1n) is 11.0.